The lowest BCUT2D eigenvalue weighted by Crippen LogP contribution is -2.34. The summed E-state index contributed by atoms with van der Waals surface area (Å²) in [6, 6.07) is 14.2. The molecule has 0 fully saturated rings. The Morgan fingerprint density at radius 3 is 2.10 bits per heavy atom. The molecule has 0 aliphatic rings. The maximum absolute atomic E-state index is 12.2. The second-order valence-corrected chi connectivity index (χ2v) is 8.12. The number of hydrogen-bond donors (Lipinski definition) is 3. The molecule has 2 aromatic rings. The number of carbonyl (C=O) groups is 2. The van der Waals surface area contributed by atoms with Gasteiger partial charge < -0.3 is 15.5 Å². The van der Waals surface area contributed by atoms with Crippen LogP contribution in [0.3, 0.4) is 0 Å². The highest BCUT2D eigenvalue weighted by molar-refractivity contribution is 9.10. The van der Waals surface area contributed by atoms with E-state index in [0.717, 1.165) is 35.2 Å². The van der Waals surface area contributed by atoms with Gasteiger partial charge in [0.15, 0.2) is 5.11 Å². The molecule has 0 aliphatic heterocycles. The minimum atomic E-state index is -0.284. The Kier molecular flexibility index (Phi) is 9.24. The number of thiocarbonyl (C=S) groups is 1. The molecule has 0 heterocycles. The third-order valence-electron chi connectivity index (χ3n) is 4.02. The van der Waals surface area contributed by atoms with Crippen molar-refractivity contribution < 1.29 is 9.59 Å². The van der Waals surface area contributed by atoms with Gasteiger partial charge in [0, 0.05) is 27.8 Å². The summed E-state index contributed by atoms with van der Waals surface area (Å²) in [4.78, 5) is 26.3. The zero-order chi connectivity index (χ0) is 21.2. The quantitative estimate of drug-likeness (QED) is 0.392. The monoisotopic (exact) mass is 476 g/mol. The van der Waals surface area contributed by atoms with Crippen molar-refractivity contribution in [1.29, 1.82) is 0 Å². The van der Waals surface area contributed by atoms with Crippen molar-refractivity contribution in [2.75, 3.05) is 31.3 Å². The lowest BCUT2D eigenvalue weighted by atomic mass is 10.2. The van der Waals surface area contributed by atoms with Gasteiger partial charge >= 0.3 is 0 Å². The summed E-state index contributed by atoms with van der Waals surface area (Å²) in [6.07, 6.45) is 2.35. The smallest absolute Gasteiger partial charge is 0.257 e. The molecule has 8 heteroatoms. The summed E-state index contributed by atoms with van der Waals surface area (Å²) in [5.41, 5.74) is 1.95. The van der Waals surface area contributed by atoms with Crippen molar-refractivity contribution in [3.63, 3.8) is 0 Å². The number of carbonyl (C=O) groups excluding carboxylic acids is 2. The Balaban J connectivity index is 1.77. The van der Waals surface area contributed by atoms with Gasteiger partial charge in [0.1, 0.15) is 0 Å². The second-order valence-electron chi connectivity index (χ2n) is 6.80. The van der Waals surface area contributed by atoms with Gasteiger partial charge in [-0.05, 0) is 94.2 Å². The van der Waals surface area contributed by atoms with E-state index >= 15 is 0 Å². The fraction of sp³-hybridized carbons (Fsp3) is 0.286. The summed E-state index contributed by atoms with van der Waals surface area (Å²) >= 11 is 8.53. The van der Waals surface area contributed by atoms with Crippen LogP contribution in [0.25, 0.3) is 0 Å². The van der Waals surface area contributed by atoms with Gasteiger partial charge in [-0.2, -0.15) is 0 Å². The summed E-state index contributed by atoms with van der Waals surface area (Å²) in [5.74, 6) is -0.283. The van der Waals surface area contributed by atoms with Crippen LogP contribution in [-0.4, -0.2) is 42.5 Å². The Labute approximate surface area is 185 Å². The van der Waals surface area contributed by atoms with E-state index in [0.29, 0.717) is 12.0 Å². The van der Waals surface area contributed by atoms with E-state index < -0.39 is 0 Å². The lowest BCUT2D eigenvalue weighted by Gasteiger charge is -2.11. The molecule has 2 amide bonds. The Morgan fingerprint density at radius 1 is 0.931 bits per heavy atom. The van der Waals surface area contributed by atoms with Crippen molar-refractivity contribution in [2.24, 2.45) is 0 Å². The molecule has 0 saturated carbocycles. The maximum Gasteiger partial charge on any atom is 0.257 e. The van der Waals surface area contributed by atoms with Gasteiger partial charge in [0.05, 0.1) is 0 Å². The van der Waals surface area contributed by atoms with Gasteiger partial charge in [-0.15, -0.1) is 0 Å². The van der Waals surface area contributed by atoms with Crippen LogP contribution in [0.2, 0.25) is 0 Å². The fourth-order valence-electron chi connectivity index (χ4n) is 2.51. The summed E-state index contributed by atoms with van der Waals surface area (Å²) in [5, 5.41) is 8.69. The molecule has 0 bridgehead atoms. The SMILES string of the molecule is CN(C)CCCCC(=O)Nc1ccc(NC(=S)NC(=O)c2ccc(Br)cc2)cc1. The van der Waals surface area contributed by atoms with Crippen LogP contribution < -0.4 is 16.0 Å². The van der Waals surface area contributed by atoms with Crippen LogP contribution in [0.4, 0.5) is 11.4 Å². The van der Waals surface area contributed by atoms with Crippen molar-refractivity contribution in [3.05, 3.63) is 58.6 Å². The zero-order valence-corrected chi connectivity index (χ0v) is 18.9. The van der Waals surface area contributed by atoms with Crippen LogP contribution in [-0.2, 0) is 4.79 Å². The number of halogens is 1. The van der Waals surface area contributed by atoms with Gasteiger partial charge in [-0.1, -0.05) is 15.9 Å². The van der Waals surface area contributed by atoms with Gasteiger partial charge in [-0.25, -0.2) is 0 Å². The number of hydrogen-bond acceptors (Lipinski definition) is 4. The molecule has 0 aromatic heterocycles. The molecular formula is C21H25BrN4O2S. The molecule has 0 atom stereocenters. The largest absolute Gasteiger partial charge is 0.332 e. The van der Waals surface area contributed by atoms with Crippen LogP contribution in [0.5, 0.6) is 0 Å². The summed E-state index contributed by atoms with van der Waals surface area (Å²) in [7, 11) is 4.04. The lowest BCUT2D eigenvalue weighted by molar-refractivity contribution is -0.116. The standard InChI is InChI=1S/C21H25BrN4O2S/c1-26(2)14-4-3-5-19(27)23-17-10-12-18(13-11-17)24-21(29)25-20(28)15-6-8-16(22)9-7-15/h6-13H,3-5,14H2,1-2H3,(H,23,27)(H2,24,25,28,29). The van der Waals surface area contributed by atoms with E-state index in [-0.39, 0.29) is 16.9 Å². The minimum absolute atomic E-state index is 0.00162. The number of nitrogens with zero attached hydrogens (tertiary/aromatic N) is 1. The van der Waals surface area contributed by atoms with Crippen molar-refractivity contribution in [3.8, 4) is 0 Å². The molecular weight excluding hydrogens is 452 g/mol. The first-order valence-electron chi connectivity index (χ1n) is 9.26. The highest BCUT2D eigenvalue weighted by Gasteiger charge is 2.08. The Morgan fingerprint density at radius 2 is 1.52 bits per heavy atom. The first kappa shape index (κ1) is 23.0. The molecule has 2 aromatic carbocycles. The number of nitrogens with one attached hydrogen (secondary N) is 3. The van der Waals surface area contributed by atoms with E-state index in [1.807, 2.05) is 14.1 Å². The normalized spacial score (nSPS) is 10.5. The zero-order valence-electron chi connectivity index (χ0n) is 16.5. The fourth-order valence-corrected chi connectivity index (χ4v) is 2.99. The average molecular weight is 477 g/mol. The van der Waals surface area contributed by atoms with Gasteiger partial charge in [0.2, 0.25) is 5.91 Å². The maximum atomic E-state index is 12.2. The molecule has 0 saturated heterocycles. The molecule has 2 rings (SSSR count). The first-order valence-corrected chi connectivity index (χ1v) is 10.5. The molecule has 0 aliphatic carbocycles. The molecule has 29 heavy (non-hydrogen) atoms. The molecule has 6 nitrogen and oxygen atoms in total. The van der Waals surface area contributed by atoms with Gasteiger partial charge in [-0.3, -0.25) is 14.9 Å². The molecule has 0 unspecified atom stereocenters. The predicted molar refractivity (Wildman–Crippen MR) is 125 cm³/mol. The third kappa shape index (κ3) is 8.72. The predicted octanol–water partition coefficient (Wildman–Crippen LogP) is 4.25. The summed E-state index contributed by atoms with van der Waals surface area (Å²) in [6.45, 7) is 0.978. The van der Waals surface area contributed by atoms with E-state index in [2.05, 4.69) is 36.8 Å². The van der Waals surface area contributed by atoms with Gasteiger partial charge in [0.25, 0.3) is 5.91 Å². The van der Waals surface area contributed by atoms with Crippen LogP contribution in [0.1, 0.15) is 29.6 Å². The minimum Gasteiger partial charge on any atom is -0.332 e. The number of amides is 2. The van der Waals surface area contributed by atoms with E-state index in [4.69, 9.17) is 12.2 Å². The van der Waals surface area contributed by atoms with E-state index in [1.165, 1.54) is 0 Å². The molecule has 154 valence electrons. The molecule has 0 radical (unpaired) electrons. The number of benzene rings is 2. The van der Waals surface area contributed by atoms with E-state index in [9.17, 15) is 9.59 Å². The van der Waals surface area contributed by atoms with Crippen molar-refractivity contribution in [2.45, 2.75) is 19.3 Å². The average Bonchev–Trinajstić information content (AvgIpc) is 2.67. The van der Waals surface area contributed by atoms with Crippen LogP contribution in [0.15, 0.2) is 53.0 Å². The topological polar surface area (TPSA) is 73.5 Å². The van der Waals surface area contributed by atoms with Crippen LogP contribution in [0, 0.1) is 0 Å². The van der Waals surface area contributed by atoms with Crippen molar-refractivity contribution in [1.82, 2.24) is 10.2 Å². The Bertz CT molecular complexity index is 839. The summed E-state index contributed by atoms with van der Waals surface area (Å²) < 4.78 is 0.899. The van der Waals surface area contributed by atoms with E-state index in [1.54, 1.807) is 48.5 Å². The second kappa shape index (κ2) is 11.6. The Hall–Kier alpha value is -2.29. The highest BCUT2D eigenvalue weighted by Crippen LogP contribution is 2.15. The first-order chi connectivity index (χ1) is 13.8. The van der Waals surface area contributed by atoms with Crippen molar-refractivity contribution >= 4 is 56.4 Å². The molecule has 0 spiro atoms. The highest BCUT2D eigenvalue weighted by atomic mass is 79.9. The number of rotatable bonds is 8. The number of anilines is 2. The third-order valence-corrected chi connectivity index (χ3v) is 4.75. The van der Waals surface area contributed by atoms with Crippen LogP contribution >= 0.6 is 28.1 Å². The molecule has 3 N–H and O–H groups in total. The number of unbranched alkanes of at least 4 members (excludes halogenated alkanes) is 1.